The van der Waals surface area contributed by atoms with Crippen LogP contribution in [0.2, 0.25) is 0 Å². The molecule has 0 saturated carbocycles. The monoisotopic (exact) mass is 352 g/mol. The normalized spacial score (nSPS) is 16.6. The Labute approximate surface area is 141 Å². The zero-order chi connectivity index (χ0) is 18.4. The van der Waals surface area contributed by atoms with Gasteiger partial charge in [0.2, 0.25) is 5.91 Å². The number of carbonyl (C=O) groups excluding carboxylic acids is 1. The molecule has 1 aliphatic heterocycles. The lowest BCUT2D eigenvalue weighted by molar-refractivity contribution is -0.141. The third-order valence-corrected chi connectivity index (χ3v) is 3.69. The molecule has 2 heterocycles. The Hall–Kier alpha value is -2.90. The number of amides is 1. The first kappa shape index (κ1) is 18.4. The number of hydrogen-bond acceptors (Lipinski definition) is 3. The Morgan fingerprint density at radius 1 is 1.16 bits per heavy atom. The van der Waals surface area contributed by atoms with Crippen molar-refractivity contribution in [3.63, 3.8) is 0 Å². The maximum atomic E-state index is 12.7. The molecule has 1 aliphatic rings. The summed E-state index contributed by atoms with van der Waals surface area (Å²) in [4.78, 5) is 23.2. The van der Waals surface area contributed by atoms with Crippen molar-refractivity contribution < 1.29 is 27.9 Å². The van der Waals surface area contributed by atoms with Gasteiger partial charge in [-0.2, -0.15) is 13.2 Å². The third kappa shape index (κ3) is 4.79. The van der Waals surface area contributed by atoms with E-state index < -0.39 is 11.9 Å². The minimum absolute atomic E-state index is 0.0219. The van der Waals surface area contributed by atoms with Crippen LogP contribution >= 0.6 is 0 Å². The summed E-state index contributed by atoms with van der Waals surface area (Å²) in [6.07, 6.45) is -4.01. The largest absolute Gasteiger partial charge is 0.483 e. The molecule has 3 rings (SSSR count). The highest BCUT2D eigenvalue weighted by Gasteiger charge is 2.32. The number of nitrogens with zero attached hydrogens (tertiary/aromatic N) is 1. The lowest BCUT2D eigenvalue weighted by Crippen LogP contribution is -2.13. The van der Waals surface area contributed by atoms with Crippen LogP contribution < -0.4 is 5.32 Å². The van der Waals surface area contributed by atoms with Crippen molar-refractivity contribution in [1.82, 2.24) is 10.3 Å². The number of benzene rings is 1. The van der Waals surface area contributed by atoms with Gasteiger partial charge in [-0.3, -0.25) is 9.59 Å². The second-order valence-corrected chi connectivity index (χ2v) is 5.34. The Balaban J connectivity index is 0.000000701. The van der Waals surface area contributed by atoms with Crippen molar-refractivity contribution in [1.29, 1.82) is 0 Å². The fourth-order valence-electron chi connectivity index (χ4n) is 2.52. The molecule has 25 heavy (non-hydrogen) atoms. The van der Waals surface area contributed by atoms with E-state index >= 15 is 0 Å². The van der Waals surface area contributed by atoms with Crippen molar-refractivity contribution in [3.8, 4) is 11.3 Å². The molecule has 1 amide bonds. The van der Waals surface area contributed by atoms with E-state index in [2.05, 4.69) is 10.3 Å². The van der Waals surface area contributed by atoms with Crippen LogP contribution in [0.1, 0.15) is 23.6 Å². The number of alkyl halides is 3. The Kier molecular flexibility index (Phi) is 5.74. The van der Waals surface area contributed by atoms with E-state index in [0.717, 1.165) is 11.6 Å². The third-order valence-electron chi connectivity index (χ3n) is 3.69. The van der Waals surface area contributed by atoms with Gasteiger partial charge in [0.05, 0.1) is 5.69 Å². The molecule has 0 spiro atoms. The van der Waals surface area contributed by atoms with Crippen LogP contribution in [0.15, 0.2) is 42.5 Å². The van der Waals surface area contributed by atoms with E-state index in [0.29, 0.717) is 18.5 Å². The van der Waals surface area contributed by atoms with E-state index in [1.165, 1.54) is 6.07 Å². The van der Waals surface area contributed by atoms with Crippen LogP contribution in [0.3, 0.4) is 0 Å². The van der Waals surface area contributed by atoms with E-state index in [9.17, 15) is 18.0 Å². The number of halogens is 3. The average Bonchev–Trinajstić information content (AvgIpc) is 3.02. The lowest BCUT2D eigenvalue weighted by atomic mass is 9.96. The number of nitrogens with one attached hydrogen (secondary N) is 1. The summed E-state index contributed by atoms with van der Waals surface area (Å²) < 4.78 is 38.1. The molecule has 0 bridgehead atoms. The number of aromatic nitrogens is 1. The average molecular weight is 352 g/mol. The lowest BCUT2D eigenvalue weighted by Gasteiger charge is -2.10. The van der Waals surface area contributed by atoms with Gasteiger partial charge in [0, 0.05) is 24.4 Å². The molecule has 5 nitrogen and oxygen atoms in total. The predicted molar refractivity (Wildman–Crippen MR) is 83.7 cm³/mol. The van der Waals surface area contributed by atoms with Crippen molar-refractivity contribution in [2.24, 2.45) is 0 Å². The summed E-state index contributed by atoms with van der Waals surface area (Å²) in [5, 5.41) is 9.65. The number of pyridine rings is 1. The second-order valence-electron chi connectivity index (χ2n) is 5.34. The second kappa shape index (κ2) is 7.78. The molecule has 8 heteroatoms. The molecule has 1 atom stereocenters. The number of carbonyl (C=O) groups is 2. The highest BCUT2D eigenvalue weighted by atomic mass is 19.4. The molecule has 0 radical (unpaired) electrons. The van der Waals surface area contributed by atoms with Crippen molar-refractivity contribution in [2.75, 3.05) is 6.54 Å². The van der Waals surface area contributed by atoms with E-state index in [1.807, 2.05) is 12.1 Å². The van der Waals surface area contributed by atoms with Gasteiger partial charge in [0.25, 0.3) is 6.47 Å². The SMILES string of the molecule is O=C1CC(c2ccc(-c3cccc(C(F)(F)F)n3)cc2)CN1.O=CO. The first-order valence-corrected chi connectivity index (χ1v) is 7.34. The summed E-state index contributed by atoms with van der Waals surface area (Å²) in [7, 11) is 0. The van der Waals surface area contributed by atoms with Crippen LogP contribution in [-0.2, 0) is 15.8 Å². The number of hydrogen-bond donors (Lipinski definition) is 2. The first-order valence-electron chi connectivity index (χ1n) is 7.34. The highest BCUT2D eigenvalue weighted by Crippen LogP contribution is 2.30. The summed E-state index contributed by atoms with van der Waals surface area (Å²) >= 11 is 0. The smallest absolute Gasteiger partial charge is 0.433 e. The number of rotatable bonds is 2. The molecular weight excluding hydrogens is 337 g/mol. The fraction of sp³-hybridized carbons (Fsp3) is 0.235. The van der Waals surface area contributed by atoms with Gasteiger partial charge in [-0.25, -0.2) is 4.98 Å². The summed E-state index contributed by atoms with van der Waals surface area (Å²) in [5.41, 5.74) is 0.989. The summed E-state index contributed by atoms with van der Waals surface area (Å²) in [6, 6.07) is 11.0. The molecule has 1 aromatic heterocycles. The Morgan fingerprint density at radius 2 is 1.80 bits per heavy atom. The van der Waals surface area contributed by atoms with Gasteiger partial charge in [0.15, 0.2) is 0 Å². The highest BCUT2D eigenvalue weighted by molar-refractivity contribution is 5.79. The van der Waals surface area contributed by atoms with Crippen molar-refractivity contribution in [2.45, 2.75) is 18.5 Å². The molecule has 132 valence electrons. The predicted octanol–water partition coefficient (Wildman–Crippen LogP) is 3.07. The zero-order valence-electron chi connectivity index (χ0n) is 13.0. The quantitative estimate of drug-likeness (QED) is 0.814. The summed E-state index contributed by atoms with van der Waals surface area (Å²) in [5.74, 6) is 0.143. The minimum Gasteiger partial charge on any atom is -0.483 e. The Morgan fingerprint density at radius 3 is 2.32 bits per heavy atom. The van der Waals surface area contributed by atoms with Crippen LogP contribution in [0.5, 0.6) is 0 Å². The maximum absolute atomic E-state index is 12.7. The molecule has 2 N–H and O–H groups in total. The molecule has 1 fully saturated rings. The van der Waals surface area contributed by atoms with Gasteiger partial charge in [-0.1, -0.05) is 30.3 Å². The van der Waals surface area contributed by atoms with Gasteiger partial charge < -0.3 is 10.4 Å². The molecule has 1 saturated heterocycles. The topological polar surface area (TPSA) is 79.3 Å². The van der Waals surface area contributed by atoms with Crippen LogP contribution in [0, 0.1) is 0 Å². The first-order chi connectivity index (χ1) is 11.8. The number of carboxylic acid groups (broad SMARTS) is 1. The Bertz CT molecular complexity index is 746. The van der Waals surface area contributed by atoms with Gasteiger partial charge in [-0.05, 0) is 17.7 Å². The van der Waals surface area contributed by atoms with Gasteiger partial charge in [-0.15, -0.1) is 0 Å². The molecule has 1 unspecified atom stereocenters. The zero-order valence-corrected chi connectivity index (χ0v) is 13.0. The molecule has 1 aromatic carbocycles. The minimum atomic E-state index is -4.45. The van der Waals surface area contributed by atoms with E-state index in [1.54, 1.807) is 18.2 Å². The maximum Gasteiger partial charge on any atom is 0.433 e. The van der Waals surface area contributed by atoms with Gasteiger partial charge in [0.1, 0.15) is 5.69 Å². The summed E-state index contributed by atoms with van der Waals surface area (Å²) in [6.45, 7) is 0.347. The van der Waals surface area contributed by atoms with Crippen LogP contribution in [0.25, 0.3) is 11.3 Å². The van der Waals surface area contributed by atoms with Crippen molar-refractivity contribution >= 4 is 12.4 Å². The van der Waals surface area contributed by atoms with Crippen LogP contribution in [0.4, 0.5) is 13.2 Å². The molecular formula is C17H15F3N2O3. The standard InChI is InChI=1S/C16H13F3N2O.CH2O2/c17-16(18,19)14-3-1-2-13(21-14)11-6-4-10(5-7-11)12-8-15(22)20-9-12;2-1-3/h1-7,12H,8-9H2,(H,20,22);1H,(H,2,3). The van der Waals surface area contributed by atoms with Crippen LogP contribution in [-0.4, -0.2) is 29.0 Å². The molecule has 0 aliphatic carbocycles. The van der Waals surface area contributed by atoms with E-state index in [4.69, 9.17) is 9.90 Å². The van der Waals surface area contributed by atoms with Crippen molar-refractivity contribution in [3.05, 3.63) is 53.7 Å². The molecule has 2 aromatic rings. The van der Waals surface area contributed by atoms with E-state index in [-0.39, 0.29) is 24.0 Å². The fourth-order valence-corrected chi connectivity index (χ4v) is 2.52. The van der Waals surface area contributed by atoms with Gasteiger partial charge >= 0.3 is 6.18 Å².